The summed E-state index contributed by atoms with van der Waals surface area (Å²) in [7, 11) is 1.90. The summed E-state index contributed by atoms with van der Waals surface area (Å²) in [6.07, 6.45) is 1.66. The van der Waals surface area contributed by atoms with Crippen molar-refractivity contribution in [2.75, 3.05) is 31.6 Å². The zero-order valence-corrected chi connectivity index (χ0v) is 13.6. The third-order valence-electron chi connectivity index (χ3n) is 4.06. The molecule has 21 heavy (non-hydrogen) atoms. The first-order chi connectivity index (χ1) is 9.93. The lowest BCUT2D eigenvalue weighted by Gasteiger charge is -2.27. The molecule has 0 aromatic carbocycles. The van der Waals surface area contributed by atoms with Gasteiger partial charge in [0.25, 0.3) is 0 Å². The molecule has 1 unspecified atom stereocenters. The zero-order valence-electron chi connectivity index (χ0n) is 12.8. The summed E-state index contributed by atoms with van der Waals surface area (Å²) < 4.78 is 0. The first kappa shape index (κ1) is 16.2. The summed E-state index contributed by atoms with van der Waals surface area (Å²) in [6, 6.07) is 1.95. The number of rotatable bonds is 6. The van der Waals surface area contributed by atoms with Crippen LogP contribution in [-0.2, 0) is 0 Å². The molecule has 0 bridgehead atoms. The second-order valence-corrected chi connectivity index (χ2v) is 6.64. The predicted octanol–water partition coefficient (Wildman–Crippen LogP) is 2.63. The van der Waals surface area contributed by atoms with Gasteiger partial charge in [-0.15, -0.1) is 11.3 Å². The third kappa shape index (κ3) is 3.53. The molecule has 0 saturated carbocycles. The van der Waals surface area contributed by atoms with Crippen LogP contribution in [0.15, 0.2) is 6.07 Å². The van der Waals surface area contributed by atoms with Crippen LogP contribution in [0.1, 0.15) is 37.7 Å². The number of hydrogen-bond donors (Lipinski definition) is 1. The lowest BCUT2D eigenvalue weighted by atomic mass is 10.2. The summed E-state index contributed by atoms with van der Waals surface area (Å²) in [5, 5.41) is 21.5. The Kier molecular flexibility index (Phi) is 5.18. The SMILES string of the molecule is CCN1CCCC1CN(C)c1sc([C@@H](C)O)cc1[N+](=O)[O-]. The van der Waals surface area contributed by atoms with E-state index < -0.39 is 6.10 Å². The average Bonchev–Trinajstić information content (AvgIpc) is 3.04. The highest BCUT2D eigenvalue weighted by Gasteiger charge is 2.28. The van der Waals surface area contributed by atoms with Crippen LogP contribution in [0.5, 0.6) is 0 Å². The van der Waals surface area contributed by atoms with Crippen molar-refractivity contribution in [3.05, 3.63) is 21.1 Å². The fraction of sp³-hybridized carbons (Fsp3) is 0.714. The van der Waals surface area contributed by atoms with Gasteiger partial charge in [-0.3, -0.25) is 15.0 Å². The molecule has 0 aliphatic carbocycles. The minimum Gasteiger partial charge on any atom is -0.388 e. The van der Waals surface area contributed by atoms with E-state index in [1.165, 1.54) is 23.8 Å². The van der Waals surface area contributed by atoms with Crippen molar-refractivity contribution < 1.29 is 10.0 Å². The van der Waals surface area contributed by atoms with E-state index in [9.17, 15) is 15.2 Å². The van der Waals surface area contributed by atoms with Crippen LogP contribution in [0, 0.1) is 10.1 Å². The average molecular weight is 313 g/mol. The Balaban J connectivity index is 2.18. The molecular formula is C14H23N3O3S. The van der Waals surface area contributed by atoms with Crippen molar-refractivity contribution in [2.24, 2.45) is 0 Å². The van der Waals surface area contributed by atoms with Gasteiger partial charge in [-0.1, -0.05) is 6.92 Å². The molecule has 2 heterocycles. The number of thiophene rings is 1. The fourth-order valence-electron chi connectivity index (χ4n) is 2.92. The first-order valence-corrected chi connectivity index (χ1v) is 8.17. The highest BCUT2D eigenvalue weighted by molar-refractivity contribution is 7.16. The van der Waals surface area contributed by atoms with E-state index in [0.29, 0.717) is 15.9 Å². The smallest absolute Gasteiger partial charge is 0.304 e. The van der Waals surface area contributed by atoms with Crippen molar-refractivity contribution in [2.45, 2.75) is 38.8 Å². The summed E-state index contributed by atoms with van der Waals surface area (Å²) in [5.74, 6) is 0. The fourth-order valence-corrected chi connectivity index (χ4v) is 3.95. The minimum absolute atomic E-state index is 0.0967. The molecule has 118 valence electrons. The van der Waals surface area contributed by atoms with Crippen molar-refractivity contribution >= 4 is 22.0 Å². The lowest BCUT2D eigenvalue weighted by molar-refractivity contribution is -0.383. The van der Waals surface area contributed by atoms with Crippen LogP contribution in [0.4, 0.5) is 10.7 Å². The topological polar surface area (TPSA) is 69.8 Å². The molecule has 1 aliphatic heterocycles. The molecule has 7 heteroatoms. The van der Waals surface area contributed by atoms with Crippen LogP contribution in [0.25, 0.3) is 0 Å². The number of aliphatic hydroxyl groups excluding tert-OH is 1. The molecule has 2 atom stereocenters. The molecule has 0 amide bonds. The third-order valence-corrected chi connectivity index (χ3v) is 5.47. The monoisotopic (exact) mass is 313 g/mol. The van der Waals surface area contributed by atoms with E-state index in [1.807, 2.05) is 11.9 Å². The second kappa shape index (κ2) is 6.72. The Bertz CT molecular complexity index is 504. The van der Waals surface area contributed by atoms with Gasteiger partial charge in [0.1, 0.15) is 0 Å². The maximum absolute atomic E-state index is 11.2. The zero-order chi connectivity index (χ0) is 15.6. The number of anilines is 1. The predicted molar refractivity (Wildman–Crippen MR) is 85.1 cm³/mol. The Morgan fingerprint density at radius 1 is 1.67 bits per heavy atom. The van der Waals surface area contributed by atoms with Gasteiger partial charge >= 0.3 is 5.69 Å². The van der Waals surface area contributed by atoms with Crippen LogP contribution >= 0.6 is 11.3 Å². The minimum atomic E-state index is -0.672. The highest BCUT2D eigenvalue weighted by Crippen LogP contribution is 2.40. The number of nitrogens with zero attached hydrogens (tertiary/aromatic N) is 3. The van der Waals surface area contributed by atoms with Gasteiger partial charge in [0, 0.05) is 30.6 Å². The van der Waals surface area contributed by atoms with Gasteiger partial charge < -0.3 is 10.0 Å². The van der Waals surface area contributed by atoms with Crippen molar-refractivity contribution in [3.63, 3.8) is 0 Å². The summed E-state index contributed by atoms with van der Waals surface area (Å²) in [5.41, 5.74) is 0.0967. The van der Waals surface area contributed by atoms with E-state index in [0.717, 1.165) is 26.1 Å². The molecule has 1 saturated heterocycles. The van der Waals surface area contributed by atoms with Gasteiger partial charge in [0.15, 0.2) is 5.00 Å². The van der Waals surface area contributed by atoms with Gasteiger partial charge in [-0.05, 0) is 32.9 Å². The molecule has 1 aromatic heterocycles. The number of nitro groups is 1. The van der Waals surface area contributed by atoms with Crippen LogP contribution in [0.3, 0.4) is 0 Å². The van der Waals surface area contributed by atoms with Crippen molar-refractivity contribution in [1.82, 2.24) is 4.90 Å². The van der Waals surface area contributed by atoms with Crippen LogP contribution < -0.4 is 4.90 Å². The van der Waals surface area contributed by atoms with Gasteiger partial charge in [-0.2, -0.15) is 0 Å². The molecule has 0 radical (unpaired) electrons. The largest absolute Gasteiger partial charge is 0.388 e. The molecule has 6 nitrogen and oxygen atoms in total. The van der Waals surface area contributed by atoms with E-state index in [1.54, 1.807) is 6.92 Å². The Morgan fingerprint density at radius 2 is 2.38 bits per heavy atom. The number of likely N-dealkylation sites (tertiary alicyclic amines) is 1. The maximum Gasteiger partial charge on any atom is 0.304 e. The summed E-state index contributed by atoms with van der Waals surface area (Å²) in [6.45, 7) is 6.70. The number of aliphatic hydroxyl groups is 1. The Hall–Kier alpha value is -1.18. The van der Waals surface area contributed by atoms with Crippen molar-refractivity contribution in [1.29, 1.82) is 0 Å². The second-order valence-electron chi connectivity index (χ2n) is 5.58. The molecule has 1 N–H and O–H groups in total. The molecule has 1 aliphatic rings. The molecule has 1 fully saturated rings. The lowest BCUT2D eigenvalue weighted by Crippen LogP contribution is -2.38. The molecule has 1 aromatic rings. The maximum atomic E-state index is 11.2. The Morgan fingerprint density at radius 3 is 2.95 bits per heavy atom. The van der Waals surface area contributed by atoms with Crippen LogP contribution in [-0.4, -0.2) is 47.7 Å². The first-order valence-electron chi connectivity index (χ1n) is 7.35. The summed E-state index contributed by atoms with van der Waals surface area (Å²) in [4.78, 5) is 15.9. The normalized spacial score (nSPS) is 20.7. The van der Waals surface area contributed by atoms with E-state index in [2.05, 4.69) is 11.8 Å². The van der Waals surface area contributed by atoms with Gasteiger partial charge in [-0.25, -0.2) is 0 Å². The standard InChI is InChI=1S/C14H23N3O3S/c1-4-16-7-5-6-11(16)9-15(3)14-12(17(19)20)8-13(21-14)10(2)18/h8,10-11,18H,4-7,9H2,1-3H3/t10-,11?/m1/s1. The summed E-state index contributed by atoms with van der Waals surface area (Å²) >= 11 is 1.31. The van der Waals surface area contributed by atoms with Gasteiger partial charge in [0.2, 0.25) is 0 Å². The van der Waals surface area contributed by atoms with Gasteiger partial charge in [0.05, 0.1) is 11.0 Å². The number of hydrogen-bond acceptors (Lipinski definition) is 6. The molecular weight excluding hydrogens is 290 g/mol. The highest BCUT2D eigenvalue weighted by atomic mass is 32.1. The number of likely N-dealkylation sites (N-methyl/N-ethyl adjacent to an activating group) is 2. The van der Waals surface area contributed by atoms with Crippen molar-refractivity contribution in [3.8, 4) is 0 Å². The van der Waals surface area contributed by atoms with E-state index >= 15 is 0 Å². The Labute approximate surface area is 129 Å². The van der Waals surface area contributed by atoms with E-state index in [-0.39, 0.29) is 10.6 Å². The molecule has 0 spiro atoms. The quantitative estimate of drug-likeness (QED) is 0.646. The van der Waals surface area contributed by atoms with Crippen LogP contribution in [0.2, 0.25) is 0 Å². The molecule has 2 rings (SSSR count). The van der Waals surface area contributed by atoms with E-state index in [4.69, 9.17) is 0 Å².